The first-order chi connectivity index (χ1) is 10.8. The zero-order valence-electron chi connectivity index (χ0n) is 13.1. The van der Waals surface area contributed by atoms with Gasteiger partial charge in [0.2, 0.25) is 5.91 Å². The lowest BCUT2D eigenvalue weighted by Crippen LogP contribution is -2.43. The van der Waals surface area contributed by atoms with Gasteiger partial charge in [0, 0.05) is 17.8 Å². The molecule has 5 heteroatoms. The van der Waals surface area contributed by atoms with Gasteiger partial charge >= 0.3 is 0 Å². The van der Waals surface area contributed by atoms with Crippen LogP contribution in [0.15, 0.2) is 18.2 Å². The third-order valence-electron chi connectivity index (χ3n) is 4.39. The molecule has 22 heavy (non-hydrogen) atoms. The summed E-state index contributed by atoms with van der Waals surface area (Å²) in [6.45, 7) is 4.81. The molecule has 1 aromatic carbocycles. The molecule has 0 radical (unpaired) electrons. The summed E-state index contributed by atoms with van der Waals surface area (Å²) in [5.41, 5.74) is 0.763. The maximum Gasteiger partial charge on any atom is 0.238 e. The third kappa shape index (κ3) is 3.53. The Hall–Kier alpha value is -1.75. The summed E-state index contributed by atoms with van der Waals surface area (Å²) < 4.78 is 11.0. The molecule has 2 aliphatic rings. The molecule has 120 valence electrons. The second-order valence-corrected chi connectivity index (χ2v) is 5.93. The number of hydrogen-bond donors (Lipinski definition) is 1. The van der Waals surface area contributed by atoms with Gasteiger partial charge in [-0.2, -0.15) is 0 Å². The number of piperidine rings is 1. The highest BCUT2D eigenvalue weighted by atomic mass is 16.6. The van der Waals surface area contributed by atoms with Crippen molar-refractivity contribution in [1.29, 1.82) is 0 Å². The highest BCUT2D eigenvalue weighted by Crippen LogP contribution is 2.32. The van der Waals surface area contributed by atoms with Gasteiger partial charge in [-0.1, -0.05) is 13.3 Å². The zero-order chi connectivity index (χ0) is 15.4. The molecule has 1 atom stereocenters. The molecule has 1 unspecified atom stereocenters. The van der Waals surface area contributed by atoms with E-state index in [9.17, 15) is 4.79 Å². The van der Waals surface area contributed by atoms with Crippen molar-refractivity contribution >= 4 is 11.6 Å². The molecule has 2 aliphatic heterocycles. The number of amides is 1. The van der Waals surface area contributed by atoms with E-state index in [1.54, 1.807) is 0 Å². The minimum absolute atomic E-state index is 0.0389. The predicted molar refractivity (Wildman–Crippen MR) is 85.6 cm³/mol. The molecule has 1 aromatic rings. The Labute approximate surface area is 131 Å². The SMILES string of the molecule is CCC1CCCCN1CC(=O)Nc1ccc2c(c1)OCCO2. The fraction of sp³-hybridized carbons (Fsp3) is 0.588. The van der Waals surface area contributed by atoms with Crippen LogP contribution in [0.2, 0.25) is 0 Å². The van der Waals surface area contributed by atoms with Crippen molar-refractivity contribution in [2.45, 2.75) is 38.6 Å². The Kier molecular flexibility index (Phi) is 4.83. The molecule has 1 saturated heterocycles. The van der Waals surface area contributed by atoms with E-state index in [-0.39, 0.29) is 5.91 Å². The van der Waals surface area contributed by atoms with Crippen molar-refractivity contribution in [3.8, 4) is 11.5 Å². The van der Waals surface area contributed by atoms with Crippen LogP contribution in [0.5, 0.6) is 11.5 Å². The predicted octanol–water partition coefficient (Wildman–Crippen LogP) is 2.66. The first-order valence-corrected chi connectivity index (χ1v) is 8.20. The maximum absolute atomic E-state index is 12.3. The molecule has 0 aromatic heterocycles. The van der Waals surface area contributed by atoms with E-state index in [0.717, 1.165) is 24.4 Å². The van der Waals surface area contributed by atoms with Gasteiger partial charge in [0.25, 0.3) is 0 Å². The summed E-state index contributed by atoms with van der Waals surface area (Å²) >= 11 is 0. The second-order valence-electron chi connectivity index (χ2n) is 5.93. The minimum atomic E-state index is 0.0389. The largest absolute Gasteiger partial charge is 0.486 e. The number of carbonyl (C=O) groups is 1. The highest BCUT2D eigenvalue weighted by molar-refractivity contribution is 5.92. The quantitative estimate of drug-likeness (QED) is 0.929. The average molecular weight is 304 g/mol. The lowest BCUT2D eigenvalue weighted by atomic mass is 10.00. The fourth-order valence-corrected chi connectivity index (χ4v) is 3.24. The Bertz CT molecular complexity index is 533. The van der Waals surface area contributed by atoms with E-state index in [0.29, 0.717) is 31.5 Å². The van der Waals surface area contributed by atoms with Crippen molar-refractivity contribution in [3.63, 3.8) is 0 Å². The Balaban J connectivity index is 1.59. The number of nitrogens with zero attached hydrogens (tertiary/aromatic N) is 1. The molecule has 1 fully saturated rings. The van der Waals surface area contributed by atoms with Crippen LogP contribution in [0.4, 0.5) is 5.69 Å². The number of benzene rings is 1. The number of hydrogen-bond acceptors (Lipinski definition) is 4. The van der Waals surface area contributed by atoms with Crippen LogP contribution >= 0.6 is 0 Å². The first kappa shape index (κ1) is 15.2. The fourth-order valence-electron chi connectivity index (χ4n) is 3.24. The van der Waals surface area contributed by atoms with Gasteiger partial charge in [-0.25, -0.2) is 0 Å². The third-order valence-corrected chi connectivity index (χ3v) is 4.39. The number of ether oxygens (including phenoxy) is 2. The van der Waals surface area contributed by atoms with E-state index < -0.39 is 0 Å². The van der Waals surface area contributed by atoms with Crippen molar-refractivity contribution < 1.29 is 14.3 Å². The van der Waals surface area contributed by atoms with Crippen molar-refractivity contribution in [2.75, 3.05) is 31.6 Å². The van der Waals surface area contributed by atoms with Crippen LogP contribution < -0.4 is 14.8 Å². The van der Waals surface area contributed by atoms with Gasteiger partial charge in [-0.05, 0) is 37.9 Å². The number of fused-ring (bicyclic) bond motifs is 1. The van der Waals surface area contributed by atoms with E-state index >= 15 is 0 Å². The van der Waals surface area contributed by atoms with Gasteiger partial charge < -0.3 is 14.8 Å². The molecule has 1 amide bonds. The van der Waals surface area contributed by atoms with Gasteiger partial charge in [-0.3, -0.25) is 9.69 Å². The smallest absolute Gasteiger partial charge is 0.238 e. The maximum atomic E-state index is 12.3. The molecule has 0 bridgehead atoms. The van der Waals surface area contributed by atoms with Gasteiger partial charge in [-0.15, -0.1) is 0 Å². The van der Waals surface area contributed by atoms with Crippen LogP contribution in [0.3, 0.4) is 0 Å². The number of nitrogens with one attached hydrogen (secondary N) is 1. The van der Waals surface area contributed by atoms with Crippen molar-refractivity contribution in [1.82, 2.24) is 4.90 Å². The average Bonchev–Trinajstić information content (AvgIpc) is 2.55. The van der Waals surface area contributed by atoms with Crippen molar-refractivity contribution in [3.05, 3.63) is 18.2 Å². The lowest BCUT2D eigenvalue weighted by molar-refractivity contribution is -0.118. The Morgan fingerprint density at radius 2 is 2.09 bits per heavy atom. The van der Waals surface area contributed by atoms with Crippen LogP contribution in [-0.2, 0) is 4.79 Å². The highest BCUT2D eigenvalue weighted by Gasteiger charge is 2.23. The number of rotatable bonds is 4. The normalized spacial score (nSPS) is 21.4. The van der Waals surface area contributed by atoms with Crippen LogP contribution in [0.25, 0.3) is 0 Å². The summed E-state index contributed by atoms with van der Waals surface area (Å²) in [6.07, 6.45) is 4.78. The van der Waals surface area contributed by atoms with Crippen LogP contribution in [-0.4, -0.2) is 43.2 Å². The summed E-state index contributed by atoms with van der Waals surface area (Å²) in [5.74, 6) is 1.48. The van der Waals surface area contributed by atoms with Gasteiger partial charge in [0.1, 0.15) is 13.2 Å². The molecule has 0 saturated carbocycles. The number of likely N-dealkylation sites (tertiary alicyclic amines) is 1. The summed E-state index contributed by atoms with van der Waals surface area (Å²) in [7, 11) is 0. The van der Waals surface area contributed by atoms with E-state index in [4.69, 9.17) is 9.47 Å². The Morgan fingerprint density at radius 3 is 2.91 bits per heavy atom. The second kappa shape index (κ2) is 7.01. The molecule has 2 heterocycles. The molecule has 5 nitrogen and oxygen atoms in total. The molecule has 3 rings (SSSR count). The van der Waals surface area contributed by atoms with Gasteiger partial charge in [0.05, 0.1) is 6.54 Å². The molecular weight excluding hydrogens is 280 g/mol. The van der Waals surface area contributed by atoms with E-state index in [1.807, 2.05) is 18.2 Å². The topological polar surface area (TPSA) is 50.8 Å². The summed E-state index contributed by atoms with van der Waals surface area (Å²) in [6, 6.07) is 6.08. The lowest BCUT2D eigenvalue weighted by Gasteiger charge is -2.34. The minimum Gasteiger partial charge on any atom is -0.486 e. The van der Waals surface area contributed by atoms with Crippen LogP contribution in [0, 0.1) is 0 Å². The summed E-state index contributed by atoms with van der Waals surface area (Å²) in [5, 5.41) is 2.97. The number of carbonyl (C=O) groups excluding carboxylic acids is 1. The zero-order valence-corrected chi connectivity index (χ0v) is 13.1. The van der Waals surface area contributed by atoms with E-state index in [1.165, 1.54) is 19.3 Å². The molecule has 0 spiro atoms. The monoisotopic (exact) mass is 304 g/mol. The van der Waals surface area contributed by atoms with E-state index in [2.05, 4.69) is 17.1 Å². The standard InChI is InChI=1S/C17H24N2O3/c1-2-14-5-3-4-8-19(14)12-17(20)18-13-6-7-15-16(11-13)22-10-9-21-15/h6-7,11,14H,2-5,8-10,12H2,1H3,(H,18,20). The van der Waals surface area contributed by atoms with Crippen LogP contribution in [0.1, 0.15) is 32.6 Å². The van der Waals surface area contributed by atoms with Crippen molar-refractivity contribution in [2.24, 2.45) is 0 Å². The molecule has 1 N–H and O–H groups in total. The first-order valence-electron chi connectivity index (χ1n) is 8.20. The number of anilines is 1. The summed E-state index contributed by atoms with van der Waals surface area (Å²) in [4.78, 5) is 14.6. The van der Waals surface area contributed by atoms with Gasteiger partial charge in [0.15, 0.2) is 11.5 Å². The molecule has 0 aliphatic carbocycles. The molecular formula is C17H24N2O3. The Morgan fingerprint density at radius 1 is 1.27 bits per heavy atom.